The van der Waals surface area contributed by atoms with Crippen LogP contribution in [0.3, 0.4) is 0 Å². The fourth-order valence-electron chi connectivity index (χ4n) is 1.44. The smallest absolute Gasteiger partial charge is 0.371 e. The van der Waals surface area contributed by atoms with Gasteiger partial charge in [-0.25, -0.2) is 17.7 Å². The number of hydrogen-bond acceptors (Lipinski definition) is 6. The Kier molecular flexibility index (Phi) is 9.41. The zero-order chi connectivity index (χ0) is 18.3. The van der Waals surface area contributed by atoms with Gasteiger partial charge in [0.2, 0.25) is 10.0 Å². The summed E-state index contributed by atoms with van der Waals surface area (Å²) in [6.45, 7) is 7.24. The molecule has 2 unspecified atom stereocenters. The first-order valence-electron chi connectivity index (χ1n) is 7.15. The molecule has 0 saturated heterocycles. The van der Waals surface area contributed by atoms with E-state index in [-0.39, 0.29) is 24.7 Å². The first kappa shape index (κ1) is 22.9. The minimum atomic E-state index is -4.60. The summed E-state index contributed by atoms with van der Waals surface area (Å²) in [5.41, 5.74) is -0.119. The molecular weight excluding hydrogens is 349 g/mol. The first-order chi connectivity index (χ1) is 10.3. The number of sulfonamides is 1. The van der Waals surface area contributed by atoms with E-state index in [0.29, 0.717) is 0 Å². The SMILES string of the molecule is CCC(C)(C)C(C)OC(CNS(C)(=O)=O)COCOP(=O)(O)O. The van der Waals surface area contributed by atoms with Gasteiger partial charge in [0, 0.05) is 6.54 Å². The van der Waals surface area contributed by atoms with Crippen molar-refractivity contribution in [3.63, 3.8) is 0 Å². The highest BCUT2D eigenvalue weighted by atomic mass is 32.2. The zero-order valence-electron chi connectivity index (χ0n) is 14.2. The molecule has 0 fully saturated rings. The summed E-state index contributed by atoms with van der Waals surface area (Å²) in [5.74, 6) is 0. The van der Waals surface area contributed by atoms with Crippen molar-refractivity contribution in [3.8, 4) is 0 Å². The normalized spacial score (nSPS) is 16.3. The second-order valence-electron chi connectivity index (χ2n) is 5.97. The van der Waals surface area contributed by atoms with Crippen LogP contribution in [0.5, 0.6) is 0 Å². The Morgan fingerprint density at radius 3 is 2.30 bits per heavy atom. The van der Waals surface area contributed by atoms with Gasteiger partial charge in [-0.1, -0.05) is 20.8 Å². The highest BCUT2D eigenvalue weighted by molar-refractivity contribution is 7.88. The largest absolute Gasteiger partial charge is 0.471 e. The van der Waals surface area contributed by atoms with Crippen LogP contribution in [0.4, 0.5) is 0 Å². The summed E-state index contributed by atoms with van der Waals surface area (Å²) in [5, 5.41) is 0. The van der Waals surface area contributed by atoms with Crippen LogP contribution in [0, 0.1) is 5.41 Å². The third-order valence-electron chi connectivity index (χ3n) is 3.59. The molecule has 0 aliphatic rings. The Morgan fingerprint density at radius 2 is 1.87 bits per heavy atom. The van der Waals surface area contributed by atoms with Gasteiger partial charge in [-0.05, 0) is 18.8 Å². The standard InChI is InChI=1S/C12H28NO8PS/c1-6-12(3,4)10(2)21-11(7-13-23(5,17)18)8-19-9-20-22(14,15)16/h10-11,13H,6-9H2,1-5H3,(H2,14,15,16). The van der Waals surface area contributed by atoms with Crippen molar-refractivity contribution in [1.82, 2.24) is 4.72 Å². The van der Waals surface area contributed by atoms with Crippen LogP contribution in [0.2, 0.25) is 0 Å². The molecule has 0 amide bonds. The number of phosphoric acid groups is 1. The van der Waals surface area contributed by atoms with E-state index in [9.17, 15) is 13.0 Å². The van der Waals surface area contributed by atoms with E-state index in [1.165, 1.54) is 0 Å². The molecule has 3 N–H and O–H groups in total. The van der Waals surface area contributed by atoms with Gasteiger partial charge in [0.25, 0.3) is 0 Å². The van der Waals surface area contributed by atoms with Gasteiger partial charge < -0.3 is 19.3 Å². The molecule has 0 aromatic rings. The molecule has 0 radical (unpaired) electrons. The molecule has 140 valence electrons. The maximum absolute atomic E-state index is 11.2. The first-order valence-corrected chi connectivity index (χ1v) is 10.6. The van der Waals surface area contributed by atoms with Crippen LogP contribution >= 0.6 is 7.82 Å². The average Bonchev–Trinajstić information content (AvgIpc) is 2.38. The van der Waals surface area contributed by atoms with Crippen molar-refractivity contribution in [3.05, 3.63) is 0 Å². The second kappa shape index (κ2) is 9.43. The molecule has 2 atom stereocenters. The highest BCUT2D eigenvalue weighted by Gasteiger charge is 2.27. The fraction of sp³-hybridized carbons (Fsp3) is 1.00. The van der Waals surface area contributed by atoms with Crippen molar-refractivity contribution >= 4 is 17.8 Å². The number of rotatable bonds is 12. The molecule has 23 heavy (non-hydrogen) atoms. The maximum Gasteiger partial charge on any atom is 0.471 e. The number of ether oxygens (including phenoxy) is 2. The molecule has 0 aliphatic carbocycles. The summed E-state index contributed by atoms with van der Waals surface area (Å²) in [7, 11) is -8.00. The maximum atomic E-state index is 11.2. The van der Waals surface area contributed by atoms with Crippen LogP contribution in [0.1, 0.15) is 34.1 Å². The molecule has 0 aromatic carbocycles. The van der Waals surface area contributed by atoms with Crippen molar-refractivity contribution in [2.45, 2.75) is 46.3 Å². The van der Waals surface area contributed by atoms with Crippen molar-refractivity contribution in [2.24, 2.45) is 5.41 Å². The summed E-state index contributed by atoms with van der Waals surface area (Å²) in [6.07, 6.45) is 1.10. The summed E-state index contributed by atoms with van der Waals surface area (Å²) in [4.78, 5) is 17.1. The number of nitrogens with one attached hydrogen (secondary N) is 1. The predicted molar refractivity (Wildman–Crippen MR) is 85.2 cm³/mol. The molecule has 0 aromatic heterocycles. The van der Waals surface area contributed by atoms with E-state index < -0.39 is 30.7 Å². The lowest BCUT2D eigenvalue weighted by Gasteiger charge is -2.33. The van der Waals surface area contributed by atoms with E-state index in [0.717, 1.165) is 12.7 Å². The Hall–Kier alpha value is -0.0600. The van der Waals surface area contributed by atoms with Crippen molar-refractivity contribution in [2.75, 3.05) is 26.2 Å². The van der Waals surface area contributed by atoms with E-state index in [1.54, 1.807) is 0 Å². The molecule has 0 bridgehead atoms. The monoisotopic (exact) mass is 377 g/mol. The summed E-state index contributed by atoms with van der Waals surface area (Å²) < 4.78 is 50.3. The van der Waals surface area contributed by atoms with Crippen molar-refractivity contribution in [1.29, 1.82) is 0 Å². The minimum absolute atomic E-state index is 0.0150. The van der Waals surface area contributed by atoms with E-state index in [2.05, 4.69) is 9.25 Å². The Morgan fingerprint density at radius 1 is 1.30 bits per heavy atom. The summed E-state index contributed by atoms with van der Waals surface area (Å²) >= 11 is 0. The Labute approximate surface area is 138 Å². The molecule has 0 spiro atoms. The van der Waals surface area contributed by atoms with Crippen LogP contribution in [0.15, 0.2) is 0 Å². The van der Waals surface area contributed by atoms with Crippen LogP contribution in [-0.2, 0) is 28.6 Å². The lowest BCUT2D eigenvalue weighted by atomic mass is 9.84. The highest BCUT2D eigenvalue weighted by Crippen LogP contribution is 2.35. The molecule has 9 nitrogen and oxygen atoms in total. The lowest BCUT2D eigenvalue weighted by Crippen LogP contribution is -2.41. The van der Waals surface area contributed by atoms with Gasteiger partial charge >= 0.3 is 7.82 Å². The van der Waals surface area contributed by atoms with Gasteiger partial charge in [0.05, 0.1) is 25.1 Å². The quantitative estimate of drug-likeness (QED) is 0.259. The second-order valence-corrected chi connectivity index (χ2v) is 9.04. The van der Waals surface area contributed by atoms with Gasteiger partial charge in [-0.2, -0.15) is 0 Å². The fourth-order valence-corrected chi connectivity index (χ4v) is 2.14. The number of phosphoric ester groups is 1. The Bertz CT molecular complexity index is 489. The zero-order valence-corrected chi connectivity index (χ0v) is 15.9. The minimum Gasteiger partial charge on any atom is -0.371 e. The molecule has 0 rings (SSSR count). The predicted octanol–water partition coefficient (Wildman–Crippen LogP) is 0.829. The topological polar surface area (TPSA) is 131 Å². The van der Waals surface area contributed by atoms with Crippen LogP contribution in [-0.4, -0.2) is 56.6 Å². The van der Waals surface area contributed by atoms with Gasteiger partial charge in [-0.15, -0.1) is 0 Å². The van der Waals surface area contributed by atoms with Crippen molar-refractivity contribution < 1.29 is 36.8 Å². The van der Waals surface area contributed by atoms with E-state index in [1.807, 2.05) is 27.7 Å². The van der Waals surface area contributed by atoms with Gasteiger partial charge in [0.15, 0.2) is 6.79 Å². The van der Waals surface area contributed by atoms with Gasteiger partial charge in [-0.3, -0.25) is 4.52 Å². The summed E-state index contributed by atoms with van der Waals surface area (Å²) in [6, 6.07) is 0. The molecular formula is C12H28NO8PS. The number of hydrogen-bond donors (Lipinski definition) is 3. The third kappa shape index (κ3) is 12.0. The van der Waals surface area contributed by atoms with E-state index >= 15 is 0 Å². The van der Waals surface area contributed by atoms with E-state index in [4.69, 9.17) is 19.3 Å². The molecule has 0 heterocycles. The molecule has 0 saturated carbocycles. The lowest BCUT2D eigenvalue weighted by molar-refractivity contribution is -0.107. The molecule has 0 aliphatic heterocycles. The Balaban J connectivity index is 4.59. The average molecular weight is 377 g/mol. The van der Waals surface area contributed by atoms with Crippen LogP contribution in [0.25, 0.3) is 0 Å². The van der Waals surface area contributed by atoms with Crippen LogP contribution < -0.4 is 4.72 Å². The third-order valence-corrected chi connectivity index (χ3v) is 4.72. The molecule has 11 heteroatoms. The van der Waals surface area contributed by atoms with Gasteiger partial charge in [0.1, 0.15) is 0 Å².